The average molecular weight is 262 g/mol. The van der Waals surface area contributed by atoms with E-state index in [-0.39, 0.29) is 5.91 Å². The van der Waals surface area contributed by atoms with Crippen LogP contribution in [-0.4, -0.2) is 5.91 Å². The highest BCUT2D eigenvalue weighted by molar-refractivity contribution is 7.14. The highest BCUT2D eigenvalue weighted by atomic mass is 32.1. The monoisotopic (exact) mass is 262 g/mol. The Labute approximate surface area is 109 Å². The smallest absolute Gasteiger partial charge is 0.275 e. The SMILES string of the molecule is Cc1sc(C(=O)NN)cc1COc1ccccc1. The maximum atomic E-state index is 11.4. The molecule has 0 fully saturated rings. The summed E-state index contributed by atoms with van der Waals surface area (Å²) in [4.78, 5) is 13.0. The number of hydrogen-bond acceptors (Lipinski definition) is 4. The maximum Gasteiger partial charge on any atom is 0.275 e. The molecule has 1 heterocycles. The van der Waals surface area contributed by atoms with E-state index in [9.17, 15) is 4.79 Å². The second-order valence-corrected chi connectivity index (χ2v) is 5.02. The van der Waals surface area contributed by atoms with E-state index >= 15 is 0 Å². The van der Waals surface area contributed by atoms with Crippen LogP contribution in [0.25, 0.3) is 0 Å². The highest BCUT2D eigenvalue weighted by Gasteiger charge is 2.11. The first-order chi connectivity index (χ1) is 8.70. The van der Waals surface area contributed by atoms with Crippen molar-refractivity contribution in [1.29, 1.82) is 0 Å². The Morgan fingerprint density at radius 2 is 2.11 bits per heavy atom. The molecule has 1 aromatic heterocycles. The molecule has 0 unspecified atom stereocenters. The van der Waals surface area contributed by atoms with E-state index in [0.29, 0.717) is 11.5 Å². The summed E-state index contributed by atoms with van der Waals surface area (Å²) in [6, 6.07) is 11.4. The lowest BCUT2D eigenvalue weighted by Crippen LogP contribution is -2.29. The van der Waals surface area contributed by atoms with Crippen LogP contribution in [0.3, 0.4) is 0 Å². The van der Waals surface area contributed by atoms with E-state index in [0.717, 1.165) is 16.2 Å². The molecular formula is C13H14N2O2S. The lowest BCUT2D eigenvalue weighted by atomic mass is 10.2. The number of benzene rings is 1. The largest absolute Gasteiger partial charge is 0.489 e. The van der Waals surface area contributed by atoms with Crippen LogP contribution in [0, 0.1) is 6.92 Å². The van der Waals surface area contributed by atoms with Gasteiger partial charge >= 0.3 is 0 Å². The molecule has 0 atom stereocenters. The van der Waals surface area contributed by atoms with Crippen molar-refractivity contribution < 1.29 is 9.53 Å². The number of ether oxygens (including phenoxy) is 1. The number of thiophene rings is 1. The molecule has 0 spiro atoms. The molecule has 2 rings (SSSR count). The third-order valence-corrected chi connectivity index (χ3v) is 3.60. The van der Waals surface area contributed by atoms with Crippen molar-refractivity contribution in [3.8, 4) is 5.75 Å². The van der Waals surface area contributed by atoms with Gasteiger partial charge in [0.2, 0.25) is 0 Å². The van der Waals surface area contributed by atoms with Gasteiger partial charge in [0.1, 0.15) is 12.4 Å². The zero-order valence-electron chi connectivity index (χ0n) is 9.97. The number of nitrogen functional groups attached to an aromatic ring is 1. The summed E-state index contributed by atoms with van der Waals surface area (Å²) in [5, 5.41) is 0. The van der Waals surface area contributed by atoms with E-state index < -0.39 is 0 Å². The molecule has 18 heavy (non-hydrogen) atoms. The van der Waals surface area contributed by atoms with Crippen molar-refractivity contribution in [2.75, 3.05) is 0 Å². The van der Waals surface area contributed by atoms with Gasteiger partial charge in [-0.25, -0.2) is 5.84 Å². The highest BCUT2D eigenvalue weighted by Crippen LogP contribution is 2.23. The zero-order valence-corrected chi connectivity index (χ0v) is 10.8. The van der Waals surface area contributed by atoms with Crippen molar-refractivity contribution in [2.45, 2.75) is 13.5 Å². The van der Waals surface area contributed by atoms with Crippen LogP contribution in [0.1, 0.15) is 20.1 Å². The number of aryl methyl sites for hydroxylation is 1. The van der Waals surface area contributed by atoms with Gasteiger partial charge in [0.25, 0.3) is 5.91 Å². The molecule has 0 saturated heterocycles. The molecule has 1 aromatic carbocycles. The van der Waals surface area contributed by atoms with Crippen molar-refractivity contribution in [2.24, 2.45) is 5.84 Å². The van der Waals surface area contributed by atoms with Crippen LogP contribution in [0.4, 0.5) is 0 Å². The number of nitrogens with one attached hydrogen (secondary N) is 1. The molecule has 94 valence electrons. The zero-order chi connectivity index (χ0) is 13.0. The second-order valence-electron chi connectivity index (χ2n) is 3.77. The van der Waals surface area contributed by atoms with Crippen LogP contribution in [0.15, 0.2) is 36.4 Å². The third kappa shape index (κ3) is 2.88. The van der Waals surface area contributed by atoms with Gasteiger partial charge in [0, 0.05) is 10.4 Å². The lowest BCUT2D eigenvalue weighted by Gasteiger charge is -2.04. The molecule has 0 radical (unpaired) electrons. The van der Waals surface area contributed by atoms with Crippen LogP contribution in [0.2, 0.25) is 0 Å². The average Bonchev–Trinajstić information content (AvgIpc) is 2.78. The molecule has 4 nitrogen and oxygen atoms in total. The van der Waals surface area contributed by atoms with Crippen molar-refractivity contribution in [1.82, 2.24) is 5.43 Å². The van der Waals surface area contributed by atoms with E-state index in [2.05, 4.69) is 5.43 Å². The summed E-state index contributed by atoms with van der Waals surface area (Å²) >= 11 is 1.41. The first kappa shape index (κ1) is 12.6. The Hall–Kier alpha value is -1.85. The van der Waals surface area contributed by atoms with Crippen LogP contribution < -0.4 is 16.0 Å². The molecule has 0 bridgehead atoms. The summed E-state index contributed by atoms with van der Waals surface area (Å²) in [5.41, 5.74) is 3.13. The Balaban J connectivity index is 2.06. The van der Waals surface area contributed by atoms with Gasteiger partial charge in [-0.05, 0) is 25.1 Å². The summed E-state index contributed by atoms with van der Waals surface area (Å²) in [7, 11) is 0. The van der Waals surface area contributed by atoms with Gasteiger partial charge in [-0.3, -0.25) is 10.2 Å². The number of nitrogens with two attached hydrogens (primary N) is 1. The standard InChI is InChI=1S/C13H14N2O2S/c1-9-10(7-12(18-9)13(16)15-14)8-17-11-5-3-2-4-6-11/h2-7H,8,14H2,1H3,(H,15,16). The summed E-state index contributed by atoms with van der Waals surface area (Å²) < 4.78 is 5.64. The predicted octanol–water partition coefficient (Wildman–Crippen LogP) is 2.24. The van der Waals surface area contributed by atoms with Gasteiger partial charge in [-0.2, -0.15) is 0 Å². The van der Waals surface area contributed by atoms with Crippen LogP contribution in [0.5, 0.6) is 5.75 Å². The van der Waals surface area contributed by atoms with Gasteiger partial charge in [0.15, 0.2) is 0 Å². The maximum absolute atomic E-state index is 11.4. The molecule has 1 amide bonds. The lowest BCUT2D eigenvalue weighted by molar-refractivity contribution is 0.0957. The number of rotatable bonds is 4. The molecule has 5 heteroatoms. The van der Waals surface area contributed by atoms with Crippen molar-refractivity contribution >= 4 is 17.2 Å². The Morgan fingerprint density at radius 3 is 2.78 bits per heavy atom. The number of amides is 1. The topological polar surface area (TPSA) is 64.4 Å². The van der Waals surface area contributed by atoms with Crippen molar-refractivity contribution in [3.63, 3.8) is 0 Å². The number of para-hydroxylation sites is 1. The van der Waals surface area contributed by atoms with Crippen LogP contribution in [-0.2, 0) is 6.61 Å². The third-order valence-electron chi connectivity index (χ3n) is 2.51. The molecule has 2 aromatic rings. The summed E-state index contributed by atoms with van der Waals surface area (Å²) in [6.45, 7) is 2.41. The fourth-order valence-corrected chi connectivity index (χ4v) is 2.46. The summed E-state index contributed by atoms with van der Waals surface area (Å²) in [6.07, 6.45) is 0. The minimum Gasteiger partial charge on any atom is -0.489 e. The molecule has 0 aliphatic rings. The van der Waals surface area contributed by atoms with E-state index in [4.69, 9.17) is 10.6 Å². The minimum absolute atomic E-state index is 0.269. The first-order valence-corrected chi connectivity index (χ1v) is 6.30. The normalized spacial score (nSPS) is 10.1. The fourth-order valence-electron chi connectivity index (χ4n) is 1.52. The van der Waals surface area contributed by atoms with Gasteiger partial charge in [-0.15, -0.1) is 11.3 Å². The number of hydrazine groups is 1. The first-order valence-electron chi connectivity index (χ1n) is 5.49. The Morgan fingerprint density at radius 1 is 1.39 bits per heavy atom. The van der Waals surface area contributed by atoms with E-state index in [1.165, 1.54) is 11.3 Å². The predicted molar refractivity (Wildman–Crippen MR) is 71.5 cm³/mol. The van der Waals surface area contributed by atoms with Gasteiger partial charge < -0.3 is 4.74 Å². The number of carbonyl (C=O) groups excluding carboxylic acids is 1. The molecule has 3 N–H and O–H groups in total. The Bertz CT molecular complexity index is 537. The number of hydrogen-bond donors (Lipinski definition) is 2. The second kappa shape index (κ2) is 5.66. The van der Waals surface area contributed by atoms with E-state index in [1.807, 2.05) is 43.3 Å². The van der Waals surface area contributed by atoms with Crippen molar-refractivity contribution in [3.05, 3.63) is 51.7 Å². The fraction of sp³-hybridized carbons (Fsp3) is 0.154. The Kier molecular flexibility index (Phi) is 3.96. The molecular weight excluding hydrogens is 248 g/mol. The molecule has 0 aliphatic carbocycles. The quantitative estimate of drug-likeness (QED) is 0.504. The number of carbonyl (C=O) groups is 1. The van der Waals surface area contributed by atoms with E-state index in [1.54, 1.807) is 0 Å². The molecule has 0 saturated carbocycles. The van der Waals surface area contributed by atoms with Crippen LogP contribution >= 0.6 is 11.3 Å². The van der Waals surface area contributed by atoms with Gasteiger partial charge in [0.05, 0.1) is 4.88 Å². The minimum atomic E-state index is -0.269. The molecule has 0 aliphatic heterocycles. The summed E-state index contributed by atoms with van der Waals surface area (Å²) in [5.74, 6) is 5.65. The van der Waals surface area contributed by atoms with Gasteiger partial charge in [-0.1, -0.05) is 18.2 Å².